The first-order chi connectivity index (χ1) is 14.9. The van der Waals surface area contributed by atoms with E-state index in [2.05, 4.69) is 10.2 Å². The highest BCUT2D eigenvalue weighted by atomic mass is 16.5. The topological polar surface area (TPSA) is 139 Å². The van der Waals surface area contributed by atoms with Crippen LogP contribution in [-0.2, 0) is 9.47 Å². The predicted octanol–water partition coefficient (Wildman–Crippen LogP) is 5.69. The fourth-order valence-corrected chi connectivity index (χ4v) is 2.63. The van der Waals surface area contributed by atoms with Crippen molar-refractivity contribution in [3.63, 3.8) is 0 Å². The minimum atomic E-state index is -0.514. The van der Waals surface area contributed by atoms with Gasteiger partial charge in [0, 0.05) is 35.7 Å². The van der Waals surface area contributed by atoms with E-state index in [0.29, 0.717) is 48.9 Å². The van der Waals surface area contributed by atoms with Gasteiger partial charge >= 0.3 is 0 Å². The predicted molar refractivity (Wildman–Crippen MR) is 134 cm³/mol. The van der Waals surface area contributed by atoms with Gasteiger partial charge in [-0.2, -0.15) is 10.2 Å². The largest absolute Gasteiger partial charge is 0.378 e. The summed E-state index contributed by atoms with van der Waals surface area (Å²) in [7, 11) is 0. The Bertz CT molecular complexity index is 586. The van der Waals surface area contributed by atoms with E-state index in [-0.39, 0.29) is 36.9 Å². The molecule has 0 spiro atoms. The summed E-state index contributed by atoms with van der Waals surface area (Å²) in [6.45, 7) is 17.1. The lowest BCUT2D eigenvalue weighted by Crippen LogP contribution is -2.31. The number of nitrogens with one attached hydrogen (secondary N) is 4. The van der Waals surface area contributed by atoms with Crippen molar-refractivity contribution < 1.29 is 9.47 Å². The Morgan fingerprint density at radius 2 is 0.875 bits per heavy atom. The third kappa shape index (κ3) is 12.3. The summed E-state index contributed by atoms with van der Waals surface area (Å²) in [6.07, 6.45) is 1.13. The maximum atomic E-state index is 8.40. The lowest BCUT2D eigenvalue weighted by atomic mass is 10.0. The summed E-state index contributed by atoms with van der Waals surface area (Å²) in [4.78, 5) is 0. The minimum Gasteiger partial charge on any atom is -0.378 e. The first-order valence-corrected chi connectivity index (χ1v) is 11.7. The number of azo groups is 1. The van der Waals surface area contributed by atoms with E-state index in [4.69, 9.17) is 31.1 Å². The van der Waals surface area contributed by atoms with Crippen molar-refractivity contribution in [2.75, 3.05) is 26.4 Å². The molecule has 184 valence electrons. The summed E-state index contributed by atoms with van der Waals surface area (Å²) < 4.78 is 11.5. The van der Waals surface area contributed by atoms with Gasteiger partial charge in [-0.1, -0.05) is 55.4 Å². The Kier molecular flexibility index (Phi) is 15.0. The molecule has 0 rings (SSSR count). The number of rotatable bonds is 18. The maximum Gasteiger partial charge on any atom is 0.132 e. The van der Waals surface area contributed by atoms with Gasteiger partial charge in [0.1, 0.15) is 12.1 Å². The monoisotopic (exact) mass is 450 g/mol. The Morgan fingerprint density at radius 1 is 0.562 bits per heavy atom. The average Bonchev–Trinajstić information content (AvgIpc) is 2.72. The van der Waals surface area contributed by atoms with Crippen LogP contribution in [0.3, 0.4) is 0 Å². The normalized spacial score (nSPS) is 14.0. The molecule has 0 amide bonds. The van der Waals surface area contributed by atoms with Crippen LogP contribution in [0.25, 0.3) is 0 Å². The lowest BCUT2D eigenvalue weighted by molar-refractivity contribution is 0.130. The summed E-state index contributed by atoms with van der Waals surface area (Å²) in [5.41, 5.74) is 2.17. The molecule has 0 bridgehead atoms. The van der Waals surface area contributed by atoms with Crippen LogP contribution in [0.15, 0.2) is 10.2 Å². The van der Waals surface area contributed by atoms with Crippen LogP contribution in [0.1, 0.15) is 68.2 Å². The molecule has 0 fully saturated rings. The minimum absolute atomic E-state index is 0.0119. The third-order valence-electron chi connectivity index (χ3n) is 5.28. The fraction of sp³-hybridized carbons (Fsp3) is 0.833. The van der Waals surface area contributed by atoms with Gasteiger partial charge < -0.3 is 31.1 Å². The van der Waals surface area contributed by atoms with Gasteiger partial charge in [-0.3, -0.25) is 0 Å². The quantitative estimate of drug-likeness (QED) is 0.121. The molecule has 0 heterocycles. The van der Waals surface area contributed by atoms with E-state index < -0.39 is 12.1 Å². The van der Waals surface area contributed by atoms with Crippen molar-refractivity contribution in [3.05, 3.63) is 0 Å². The maximum absolute atomic E-state index is 8.40. The van der Waals surface area contributed by atoms with Gasteiger partial charge in [-0.05, 0) is 23.7 Å². The van der Waals surface area contributed by atoms with Crippen LogP contribution < -0.4 is 0 Å². The van der Waals surface area contributed by atoms with E-state index in [1.165, 1.54) is 0 Å². The van der Waals surface area contributed by atoms with E-state index in [0.717, 1.165) is 0 Å². The zero-order valence-corrected chi connectivity index (χ0v) is 21.4. The summed E-state index contributed by atoms with van der Waals surface area (Å²) in [5, 5.41) is 41.4. The molecule has 0 aliphatic rings. The molecule has 8 heteroatoms. The standard InChI is InChI=1S/C24H46N6O2/c1-15(2)19(25)9-11-31-13-21(23(27)17(5)6)29-30-22(24(28)18(7)8)14-32-12-10-20(26)16(3)4/h15-18,21-22,25-28H,9-14H2,1-8H3. The molecule has 0 saturated carbocycles. The van der Waals surface area contributed by atoms with Gasteiger partial charge in [0.25, 0.3) is 0 Å². The molecule has 0 aromatic rings. The van der Waals surface area contributed by atoms with Crippen LogP contribution in [0.5, 0.6) is 0 Å². The van der Waals surface area contributed by atoms with Crippen LogP contribution in [0.2, 0.25) is 0 Å². The van der Waals surface area contributed by atoms with Crippen LogP contribution in [-0.4, -0.2) is 61.4 Å². The second-order valence-electron chi connectivity index (χ2n) is 9.49. The molecule has 2 unspecified atom stereocenters. The van der Waals surface area contributed by atoms with E-state index in [9.17, 15) is 0 Å². The van der Waals surface area contributed by atoms with Crippen molar-refractivity contribution >= 4 is 22.8 Å². The highest BCUT2D eigenvalue weighted by Crippen LogP contribution is 2.11. The molecule has 0 aromatic carbocycles. The summed E-state index contributed by atoms with van der Waals surface area (Å²) in [6, 6.07) is -1.03. The van der Waals surface area contributed by atoms with Crippen molar-refractivity contribution in [1.29, 1.82) is 21.6 Å². The highest BCUT2D eigenvalue weighted by Gasteiger charge is 2.21. The van der Waals surface area contributed by atoms with Gasteiger partial charge in [0.05, 0.1) is 26.4 Å². The molecular weight excluding hydrogens is 404 g/mol. The molecule has 8 nitrogen and oxygen atoms in total. The molecule has 0 saturated heterocycles. The van der Waals surface area contributed by atoms with Crippen LogP contribution in [0.4, 0.5) is 0 Å². The zero-order chi connectivity index (χ0) is 24.8. The van der Waals surface area contributed by atoms with Gasteiger partial charge in [0.15, 0.2) is 0 Å². The first-order valence-electron chi connectivity index (χ1n) is 11.7. The molecule has 32 heavy (non-hydrogen) atoms. The molecule has 2 atom stereocenters. The highest BCUT2D eigenvalue weighted by molar-refractivity contribution is 5.89. The number of hydrogen-bond donors (Lipinski definition) is 4. The zero-order valence-electron chi connectivity index (χ0n) is 21.4. The molecule has 4 N–H and O–H groups in total. The second-order valence-corrected chi connectivity index (χ2v) is 9.49. The van der Waals surface area contributed by atoms with Crippen molar-refractivity contribution in [2.24, 2.45) is 33.9 Å². The molecule has 0 radical (unpaired) electrons. The van der Waals surface area contributed by atoms with Gasteiger partial charge in [0.2, 0.25) is 0 Å². The molecular formula is C24H46N6O2. The summed E-state index contributed by atoms with van der Waals surface area (Å²) >= 11 is 0. The van der Waals surface area contributed by atoms with Gasteiger partial charge in [-0.15, -0.1) is 0 Å². The Hall–Kier alpha value is -1.80. The Balaban J connectivity index is 5.08. The van der Waals surface area contributed by atoms with Gasteiger partial charge in [-0.25, -0.2) is 0 Å². The smallest absolute Gasteiger partial charge is 0.132 e. The SMILES string of the molecule is CC(C)C(=N)CCOCC(N=NC(COCCC(=N)C(C)C)C(=N)C(C)C)C(=N)C(C)C. The third-order valence-corrected chi connectivity index (χ3v) is 5.28. The number of hydrogen-bond acceptors (Lipinski definition) is 8. The molecule has 0 aromatic heterocycles. The molecule has 0 aliphatic carbocycles. The average molecular weight is 451 g/mol. The molecule has 0 aliphatic heterocycles. The van der Waals surface area contributed by atoms with E-state index in [1.54, 1.807) is 0 Å². The first kappa shape index (κ1) is 30.2. The van der Waals surface area contributed by atoms with Crippen molar-refractivity contribution in [2.45, 2.75) is 80.3 Å². The van der Waals surface area contributed by atoms with Crippen molar-refractivity contribution in [1.82, 2.24) is 0 Å². The van der Waals surface area contributed by atoms with E-state index >= 15 is 0 Å². The second kappa shape index (κ2) is 15.9. The fourth-order valence-electron chi connectivity index (χ4n) is 2.63. The number of nitrogens with zero attached hydrogens (tertiary/aromatic N) is 2. The summed E-state index contributed by atoms with van der Waals surface area (Å²) in [5.74, 6) is 0.431. The number of ether oxygens (including phenoxy) is 2. The van der Waals surface area contributed by atoms with Crippen molar-refractivity contribution in [3.8, 4) is 0 Å². The Labute approximate surface area is 195 Å². The van der Waals surface area contributed by atoms with E-state index in [1.807, 2.05) is 55.4 Å². The van der Waals surface area contributed by atoms with Crippen LogP contribution in [0, 0.1) is 45.3 Å². The Morgan fingerprint density at radius 3 is 1.12 bits per heavy atom. The lowest BCUT2D eigenvalue weighted by Gasteiger charge is -2.20. The van der Waals surface area contributed by atoms with Crippen LogP contribution >= 0.6 is 0 Å².